The van der Waals surface area contributed by atoms with Gasteiger partial charge in [-0.2, -0.15) is 9.55 Å². The molecular weight excluding hydrogens is 1260 g/mol. The van der Waals surface area contributed by atoms with E-state index in [1.54, 1.807) is 27.7 Å². The molecule has 6 aliphatic heterocycles. The van der Waals surface area contributed by atoms with Gasteiger partial charge in [-0.25, -0.2) is 19.8 Å². The molecule has 92 heavy (non-hydrogen) atoms. The molecule has 4 amide bonds. The number of aromatic nitrogens is 4. The monoisotopic (exact) mass is 1340 g/mol. The van der Waals surface area contributed by atoms with Crippen molar-refractivity contribution in [2.45, 2.75) is 175 Å². The van der Waals surface area contributed by atoms with Crippen molar-refractivity contribution >= 4 is 83.3 Å². The van der Waals surface area contributed by atoms with Crippen LogP contribution in [0.15, 0.2) is 61.9 Å². The fraction of sp³-hybridized carbons (Fsp3) is 0.627. The molecule has 31 nitrogen and oxygen atoms in total. The first-order valence-electron chi connectivity index (χ1n) is 29.9. The number of anilines is 1. The molecule has 6 aliphatic rings. The number of nitriles is 1. The molecular formula is C59H84CoN17O14P. The molecule has 2 saturated heterocycles. The van der Waals surface area contributed by atoms with Crippen LogP contribution >= 0.6 is 7.82 Å². The maximum atomic E-state index is 14.3. The molecule has 2 aromatic rings. The fourth-order valence-corrected chi connectivity index (χ4v) is 16.2. The third-order valence-electron chi connectivity index (χ3n) is 19.8. The van der Waals surface area contributed by atoms with Crippen molar-refractivity contribution in [2.24, 2.45) is 77.5 Å². The van der Waals surface area contributed by atoms with Crippen molar-refractivity contribution in [1.29, 1.82) is 21.5 Å². The third kappa shape index (κ3) is 14.1. The predicted octanol–water partition coefficient (Wildman–Crippen LogP) is 0.0318. The quantitative estimate of drug-likeness (QED) is 0.0256. The molecule has 2 fully saturated rings. The van der Waals surface area contributed by atoms with Gasteiger partial charge in [-0.15, -0.1) is 0 Å². The zero-order chi connectivity index (χ0) is 67.8. The molecule has 8 bridgehead atoms. The number of rotatable bonds is 26. The number of H-pyrrole nitrogens is 1. The minimum Gasteiger partial charge on any atom is -0.862 e. The number of nitrogen functional groups attached to an aromatic ring is 1. The standard InChI is InChI=1S/C58H85N16O14P.CHN.Co/c1-26(87-89(84,85)88-47-34(23-75)86-53(46(47)83)74-25-69-52-45(74)51(65)67-24-68-52)22-66-42(82)16-17-55(6)32(18-39(62)79)50-58(9)57(8,21-41(64)81)31(12-15-38(61)78)44(73-58)28(3)49-56(7,20-40(63)80)29(10-13-36(59)76)33(70-49)19-35-54(4,5)30(11-14-37(60)77)43(71-35)27(2)48(55)72-50;1-2;/h19,24-26,29-32,34,46-47,50,53,75,83H,10-18,20-23H2,1-9H3,(H17,59,60,61,62,63,64,65,66,67,68,70,71,72,73,76,77,78,79,80,81,82,84,85);1H;/q;;+2/p-2/t26-,29-,30-,31-,32+,34-,46-,47-,50-,53+,55-,56+,57+,58+;;/m1../s1. The van der Waals surface area contributed by atoms with Gasteiger partial charge in [0.25, 0.3) is 5.65 Å². The smallest absolute Gasteiger partial charge is 0.862 e. The zero-order valence-corrected chi connectivity index (χ0v) is 54.8. The Morgan fingerprint density at radius 3 is 2.08 bits per heavy atom. The molecule has 0 spiro atoms. The van der Waals surface area contributed by atoms with Crippen molar-refractivity contribution in [2.75, 3.05) is 18.9 Å². The minimum atomic E-state index is -5.11. The summed E-state index contributed by atoms with van der Waals surface area (Å²) in [4.78, 5) is 93.7. The van der Waals surface area contributed by atoms with E-state index in [0.717, 1.165) is 0 Å². The first kappa shape index (κ1) is 73.7. The van der Waals surface area contributed by atoms with Gasteiger partial charge in [0.2, 0.25) is 41.7 Å². The molecule has 8 rings (SSSR count). The Hall–Kier alpha value is -7.34. The van der Waals surface area contributed by atoms with Gasteiger partial charge in [0.1, 0.15) is 24.6 Å². The largest absolute Gasteiger partial charge is 2.00 e. The van der Waals surface area contributed by atoms with Crippen LogP contribution < -0.4 is 53.5 Å². The van der Waals surface area contributed by atoms with Crippen LogP contribution in [-0.2, 0) is 54.3 Å². The van der Waals surface area contributed by atoms with Crippen molar-refractivity contribution in [3.8, 4) is 6.57 Å². The van der Waals surface area contributed by atoms with Crippen LogP contribution in [0.5, 0.6) is 0 Å². The molecule has 0 aromatic carbocycles. The number of phosphoric acid groups is 1. The summed E-state index contributed by atoms with van der Waals surface area (Å²) in [5, 5.41) is 96.4. The van der Waals surface area contributed by atoms with Gasteiger partial charge >= 0.3 is 24.6 Å². The van der Waals surface area contributed by atoms with E-state index in [1.165, 1.54) is 24.1 Å². The first-order valence-corrected chi connectivity index (χ1v) is 31.4. The number of carbonyl (C=O) groups excluding carboxylic acids is 4. The number of fused-ring (bicyclic) bond motifs is 7. The summed E-state index contributed by atoms with van der Waals surface area (Å²) in [5.74, 6) is -8.31. The molecule has 33 heteroatoms. The van der Waals surface area contributed by atoms with Crippen LogP contribution in [0.3, 0.4) is 0 Å². The number of aliphatic imine (C=N–C) groups is 3. The molecule has 2 aromatic heterocycles. The minimum absolute atomic E-state index is 0. The van der Waals surface area contributed by atoms with E-state index in [1.807, 2.05) is 33.8 Å². The number of phosphoric ester groups is 1. The van der Waals surface area contributed by atoms with Gasteiger partial charge in [0, 0.05) is 118 Å². The number of aliphatic hydroxyl groups excluding tert-OH is 2. The van der Waals surface area contributed by atoms with Gasteiger partial charge in [0.05, 0.1) is 24.3 Å². The first-order chi connectivity index (χ1) is 42.4. The van der Waals surface area contributed by atoms with E-state index < -0.39 is 143 Å². The normalized spacial score (nSPS) is 31.2. The van der Waals surface area contributed by atoms with Crippen molar-refractivity contribution in [3.63, 3.8) is 0 Å². The molecule has 0 aliphatic carbocycles. The van der Waals surface area contributed by atoms with Crippen LogP contribution in [0, 0.1) is 73.4 Å². The number of primary amides is 3. The Kier molecular flexibility index (Phi) is 22.5. The number of nitrogens with one attached hydrogen (secondary N) is 6. The summed E-state index contributed by atoms with van der Waals surface area (Å²) in [6.07, 6.45) is -4.39. The number of aliphatic hydroxyl groups is 2. The average molecular weight is 1350 g/mol. The molecule has 0 saturated carbocycles. The summed E-state index contributed by atoms with van der Waals surface area (Å²) < 4.78 is 31.8. The second-order valence-corrected chi connectivity index (χ2v) is 27.4. The fourth-order valence-electron chi connectivity index (χ4n) is 15.1. The topological polar surface area (TPSA) is 549 Å². The molecule has 15 atom stereocenters. The molecule has 1 radical (unpaired) electrons. The third-order valence-corrected chi connectivity index (χ3v) is 20.9. The zero-order valence-electron chi connectivity index (χ0n) is 52.8. The van der Waals surface area contributed by atoms with E-state index >= 15 is 0 Å². The molecule has 1 unspecified atom stereocenters. The van der Waals surface area contributed by atoms with Gasteiger partial charge in [-0.3, -0.25) is 43.2 Å². The summed E-state index contributed by atoms with van der Waals surface area (Å²) in [7, 11) is -5.11. The number of hydrogen-bond donors (Lipinski definition) is 13. The number of amides is 4. The van der Waals surface area contributed by atoms with Crippen molar-refractivity contribution < 1.29 is 89.3 Å². The predicted molar refractivity (Wildman–Crippen MR) is 325 cm³/mol. The van der Waals surface area contributed by atoms with Gasteiger partial charge < -0.3 is 85.0 Å². The van der Waals surface area contributed by atoms with Crippen LogP contribution in [0.2, 0.25) is 0 Å². The number of allylic oxidation sites excluding steroid dienone is 6. The number of carbonyl (C=O) groups is 4. The second-order valence-electron chi connectivity index (χ2n) is 26.0. The summed E-state index contributed by atoms with van der Waals surface area (Å²) in [6, 6.07) is -1.08. The maximum Gasteiger partial charge on any atom is 2.00 e. The Balaban J connectivity index is 0.00000444. The number of ether oxygens (including phenoxy) is 1. The van der Waals surface area contributed by atoms with Gasteiger partial charge in [0.15, 0.2) is 5.82 Å². The Bertz CT molecular complexity index is 3550. The summed E-state index contributed by atoms with van der Waals surface area (Å²) in [6.45, 7) is 18.5. The van der Waals surface area contributed by atoms with Gasteiger partial charge in [-0.1, -0.05) is 34.6 Å². The van der Waals surface area contributed by atoms with Crippen LogP contribution in [0.4, 0.5) is 5.82 Å². The van der Waals surface area contributed by atoms with E-state index in [0.29, 0.717) is 51.0 Å². The number of aromatic amines is 1. The van der Waals surface area contributed by atoms with Crippen LogP contribution in [-0.4, -0.2) is 138 Å². The van der Waals surface area contributed by atoms with E-state index in [2.05, 4.69) is 32.2 Å². The van der Waals surface area contributed by atoms with Crippen molar-refractivity contribution in [1.82, 2.24) is 25.6 Å². The van der Waals surface area contributed by atoms with Crippen LogP contribution in [0.1, 0.15) is 139 Å². The van der Waals surface area contributed by atoms with Crippen molar-refractivity contribution in [3.05, 3.63) is 47.0 Å². The Labute approximate surface area is 542 Å². The van der Waals surface area contributed by atoms with Crippen LogP contribution in [0.25, 0.3) is 11.2 Å². The molecule has 503 valence electrons. The van der Waals surface area contributed by atoms with E-state index in [9.17, 15) is 54.2 Å². The Morgan fingerprint density at radius 2 is 1.50 bits per heavy atom. The Morgan fingerprint density at radius 1 is 0.902 bits per heavy atom. The average Bonchev–Trinajstić information content (AvgIpc) is 1.53. The number of nitrogens with two attached hydrogens (primary N) is 4. The number of hydrogen-bond acceptors (Lipinski definition) is 24. The SMILES string of the molecule is C#N.CC1=C2N=C(C=C3NC(=C(C)C4=N[C@@](C)([C@@H]5N=C1[C@](C)(CCC(=O)NC[C@@H](C)OP(=O)(O)O[C@H]1[C@@H](O)[C@@H]([n+]6c[nH]c7ncnc(N)c76)O[C@@H]1CO)[C@H]5CC(N)=O)[C@@](C)(CC(N)=O)[C@@H]4CCC(=N)[O-])[C@@](C)(CC(N)=O)[C@@H]3CCC(=N)[O-])C(C)(C)[C@@H]2CCC(=N)[O-].[Co+2]. The summed E-state index contributed by atoms with van der Waals surface area (Å²) >= 11 is 0. The molecule has 8 heterocycles. The molecule has 17 N–H and O–H groups in total. The van der Waals surface area contributed by atoms with E-state index in [-0.39, 0.29) is 105 Å². The second kappa shape index (κ2) is 28.1. The summed E-state index contributed by atoms with van der Waals surface area (Å²) in [5.41, 5.74) is 22.5. The van der Waals surface area contributed by atoms with E-state index in [4.69, 9.17) is 73.2 Å². The number of nitrogens with zero attached hydrogens (tertiary/aromatic N) is 7. The number of imidazole rings is 1. The maximum absolute atomic E-state index is 14.3. The van der Waals surface area contributed by atoms with Gasteiger partial charge in [-0.05, 0) is 108 Å².